The van der Waals surface area contributed by atoms with Gasteiger partial charge in [0.2, 0.25) is 0 Å². The predicted octanol–water partition coefficient (Wildman–Crippen LogP) is -0.841. The van der Waals surface area contributed by atoms with Crippen LogP contribution in [0.2, 0.25) is 0 Å². The van der Waals surface area contributed by atoms with Crippen molar-refractivity contribution >= 4 is 17.7 Å². The molecule has 1 rings (SSSR count). The maximum atomic E-state index is 10.9. The summed E-state index contributed by atoms with van der Waals surface area (Å²) < 4.78 is 1.24. The number of carboxylic acids is 1. The molecule has 2 N–H and O–H groups in total. The van der Waals surface area contributed by atoms with Gasteiger partial charge in [-0.15, -0.1) is 0 Å². The molecule has 1 aromatic heterocycles. The number of aromatic amines is 1. The highest BCUT2D eigenvalue weighted by Crippen LogP contribution is 2.11. The number of aryl methyl sites for hydroxylation is 1. The molecule has 0 atom stereocenters. The van der Waals surface area contributed by atoms with Crippen molar-refractivity contribution in [3.8, 4) is 0 Å². The van der Waals surface area contributed by atoms with Gasteiger partial charge in [0.05, 0.1) is 0 Å². The van der Waals surface area contributed by atoms with E-state index in [9.17, 15) is 14.4 Å². The Morgan fingerprint density at radius 1 is 1.60 bits per heavy atom. The molecule has 0 saturated heterocycles. The van der Waals surface area contributed by atoms with Crippen LogP contribution in [-0.4, -0.2) is 25.8 Å². The summed E-state index contributed by atoms with van der Waals surface area (Å²) in [5.74, 6) is -1.10. The molecule has 7 nitrogen and oxygen atoms in total. The van der Waals surface area contributed by atoms with Crippen LogP contribution in [0.15, 0.2) is 26.2 Å². The average Bonchev–Trinajstić information content (AvgIpc) is 2.13. The van der Waals surface area contributed by atoms with Crippen LogP contribution in [-0.2, 0) is 11.8 Å². The summed E-state index contributed by atoms with van der Waals surface area (Å²) in [4.78, 5) is 35.3. The molecule has 0 radical (unpaired) electrons. The molecule has 0 spiro atoms. The van der Waals surface area contributed by atoms with Crippen molar-refractivity contribution in [3.05, 3.63) is 32.2 Å². The van der Waals surface area contributed by atoms with Crippen molar-refractivity contribution in [2.45, 2.75) is 5.16 Å². The van der Waals surface area contributed by atoms with Crippen LogP contribution in [0.5, 0.6) is 0 Å². The standard InChI is InChI=1S/C7H7N3O4S/c1-10-7(15-3-2-4(11)12)8-5(13)6(14)9-10/h2-3H,1H3,(H,9,14)(H,11,12)/b3-2+. The van der Waals surface area contributed by atoms with Crippen molar-refractivity contribution in [3.63, 3.8) is 0 Å². The number of thioether (sulfide) groups is 1. The lowest BCUT2D eigenvalue weighted by molar-refractivity contribution is -0.131. The van der Waals surface area contributed by atoms with E-state index in [1.165, 1.54) is 17.1 Å². The van der Waals surface area contributed by atoms with E-state index in [4.69, 9.17) is 5.11 Å². The van der Waals surface area contributed by atoms with Gasteiger partial charge in [0.1, 0.15) is 0 Å². The summed E-state index contributed by atoms with van der Waals surface area (Å²) in [6.07, 6.45) is 0.905. The summed E-state index contributed by atoms with van der Waals surface area (Å²) in [6.45, 7) is 0. The van der Waals surface area contributed by atoms with Crippen LogP contribution in [0.3, 0.4) is 0 Å². The highest BCUT2D eigenvalue weighted by Gasteiger charge is 2.02. The van der Waals surface area contributed by atoms with E-state index in [2.05, 4.69) is 10.1 Å². The third-order valence-corrected chi connectivity index (χ3v) is 2.18. The van der Waals surface area contributed by atoms with Gasteiger partial charge in [0, 0.05) is 13.1 Å². The Kier molecular flexibility index (Phi) is 3.45. The molecule has 0 aromatic carbocycles. The molecular weight excluding hydrogens is 222 g/mol. The Balaban J connectivity index is 2.96. The molecule has 15 heavy (non-hydrogen) atoms. The predicted molar refractivity (Wildman–Crippen MR) is 52.7 cm³/mol. The van der Waals surface area contributed by atoms with E-state index in [-0.39, 0.29) is 5.16 Å². The van der Waals surface area contributed by atoms with Crippen LogP contribution < -0.4 is 11.1 Å². The quantitative estimate of drug-likeness (QED) is 0.397. The average molecular weight is 229 g/mol. The summed E-state index contributed by atoms with van der Waals surface area (Å²) in [6, 6.07) is 0. The molecule has 8 heteroatoms. The molecule has 0 saturated carbocycles. The molecule has 0 fully saturated rings. The lowest BCUT2D eigenvalue weighted by Gasteiger charge is -2.01. The Morgan fingerprint density at radius 2 is 2.27 bits per heavy atom. The van der Waals surface area contributed by atoms with Crippen LogP contribution >= 0.6 is 11.8 Å². The summed E-state index contributed by atoms with van der Waals surface area (Å²) >= 11 is 0.919. The third-order valence-electron chi connectivity index (χ3n) is 1.33. The zero-order valence-electron chi connectivity index (χ0n) is 7.63. The first-order chi connectivity index (χ1) is 7.00. The molecule has 0 aliphatic heterocycles. The first-order valence-electron chi connectivity index (χ1n) is 3.74. The van der Waals surface area contributed by atoms with Gasteiger partial charge >= 0.3 is 17.1 Å². The largest absolute Gasteiger partial charge is 0.478 e. The van der Waals surface area contributed by atoms with Crippen molar-refractivity contribution in [1.29, 1.82) is 0 Å². The van der Waals surface area contributed by atoms with Gasteiger partial charge in [-0.1, -0.05) is 11.8 Å². The minimum Gasteiger partial charge on any atom is -0.478 e. The fourth-order valence-electron chi connectivity index (χ4n) is 0.719. The first kappa shape index (κ1) is 11.2. The molecule has 0 aliphatic carbocycles. The Bertz CT molecular complexity index is 516. The van der Waals surface area contributed by atoms with E-state index >= 15 is 0 Å². The number of aromatic nitrogens is 3. The number of H-pyrrole nitrogens is 1. The lowest BCUT2D eigenvalue weighted by Crippen LogP contribution is -2.33. The van der Waals surface area contributed by atoms with Crippen LogP contribution in [0.1, 0.15) is 0 Å². The summed E-state index contributed by atoms with van der Waals surface area (Å²) in [5, 5.41) is 12.0. The van der Waals surface area contributed by atoms with E-state index < -0.39 is 17.1 Å². The number of carbonyl (C=O) groups is 1. The van der Waals surface area contributed by atoms with Gasteiger partial charge in [0.15, 0.2) is 5.16 Å². The van der Waals surface area contributed by atoms with Crippen molar-refractivity contribution in [2.24, 2.45) is 7.05 Å². The molecule has 80 valence electrons. The van der Waals surface area contributed by atoms with Gasteiger partial charge in [-0.3, -0.25) is 19.4 Å². The highest BCUT2D eigenvalue weighted by molar-refractivity contribution is 8.02. The van der Waals surface area contributed by atoms with E-state index in [0.29, 0.717) is 0 Å². The van der Waals surface area contributed by atoms with Gasteiger partial charge < -0.3 is 5.11 Å². The Morgan fingerprint density at radius 3 is 2.87 bits per heavy atom. The van der Waals surface area contributed by atoms with Crippen molar-refractivity contribution < 1.29 is 9.90 Å². The second kappa shape index (κ2) is 4.60. The maximum Gasteiger partial charge on any atom is 0.339 e. The SMILES string of the molecule is Cn1[nH]c(=O)c(=O)nc1S/C=C/C(=O)O. The number of nitrogens with one attached hydrogen (secondary N) is 1. The van der Waals surface area contributed by atoms with Gasteiger partial charge in [-0.2, -0.15) is 4.98 Å². The third kappa shape index (κ3) is 3.09. The van der Waals surface area contributed by atoms with Gasteiger partial charge in [-0.25, -0.2) is 4.79 Å². The van der Waals surface area contributed by atoms with Crippen LogP contribution in [0.4, 0.5) is 0 Å². The first-order valence-corrected chi connectivity index (χ1v) is 4.62. The molecule has 1 aromatic rings. The second-order valence-electron chi connectivity index (χ2n) is 2.46. The fraction of sp³-hybridized carbons (Fsp3) is 0.143. The van der Waals surface area contributed by atoms with Gasteiger partial charge in [-0.05, 0) is 5.41 Å². The maximum absolute atomic E-state index is 10.9. The zero-order chi connectivity index (χ0) is 11.4. The van der Waals surface area contributed by atoms with Crippen molar-refractivity contribution in [2.75, 3.05) is 0 Å². The molecule has 0 unspecified atom stereocenters. The summed E-state index contributed by atoms with van der Waals surface area (Å²) in [5.41, 5.74) is -1.72. The Labute approximate surface area is 87.4 Å². The van der Waals surface area contributed by atoms with Gasteiger partial charge in [0.25, 0.3) is 0 Å². The number of hydrogen-bond acceptors (Lipinski definition) is 5. The Hall–Kier alpha value is -1.83. The number of hydrogen-bond donors (Lipinski definition) is 2. The number of rotatable bonds is 3. The lowest BCUT2D eigenvalue weighted by atomic mass is 10.7. The second-order valence-corrected chi connectivity index (χ2v) is 3.33. The molecule has 0 bridgehead atoms. The fourth-order valence-corrected chi connectivity index (χ4v) is 1.36. The minimum atomic E-state index is -1.10. The smallest absolute Gasteiger partial charge is 0.339 e. The van der Waals surface area contributed by atoms with Crippen molar-refractivity contribution in [1.82, 2.24) is 14.8 Å². The normalized spacial score (nSPS) is 10.7. The van der Waals surface area contributed by atoms with E-state index in [1.807, 2.05) is 0 Å². The minimum absolute atomic E-state index is 0.206. The molecule has 1 heterocycles. The van der Waals surface area contributed by atoms with Crippen LogP contribution in [0.25, 0.3) is 0 Å². The number of aliphatic carboxylic acids is 1. The molecular formula is C7H7N3O4S. The molecule has 0 amide bonds. The van der Waals surface area contributed by atoms with Crippen LogP contribution in [0, 0.1) is 0 Å². The molecule has 0 aliphatic rings. The van der Waals surface area contributed by atoms with E-state index in [1.54, 1.807) is 0 Å². The number of nitrogens with zero attached hydrogens (tertiary/aromatic N) is 2. The number of carboxylic acid groups (broad SMARTS) is 1. The van der Waals surface area contributed by atoms with E-state index in [0.717, 1.165) is 17.8 Å². The summed E-state index contributed by atoms with van der Waals surface area (Å²) in [7, 11) is 1.49. The zero-order valence-corrected chi connectivity index (χ0v) is 8.45. The highest BCUT2D eigenvalue weighted by atomic mass is 32.2. The monoisotopic (exact) mass is 229 g/mol. The topological polar surface area (TPSA) is 105 Å².